The Balaban J connectivity index is 3.45. The molecule has 0 saturated carbocycles. The third-order valence-corrected chi connectivity index (χ3v) is 12.6. The van der Waals surface area contributed by atoms with Crippen molar-refractivity contribution in [1.82, 2.24) is 5.32 Å². The molecule has 0 aliphatic heterocycles. The Kier molecular flexibility index (Phi) is 50.8. The maximum absolute atomic E-state index is 12.5. The predicted molar refractivity (Wildman–Crippen MR) is 267 cm³/mol. The van der Waals surface area contributed by atoms with E-state index in [1.165, 1.54) is 244 Å². The van der Waals surface area contributed by atoms with Gasteiger partial charge in [-0.1, -0.05) is 275 Å². The maximum atomic E-state index is 12.5. The van der Waals surface area contributed by atoms with Crippen LogP contribution in [0.25, 0.3) is 0 Å². The van der Waals surface area contributed by atoms with Gasteiger partial charge in [0.15, 0.2) is 0 Å². The van der Waals surface area contributed by atoms with Crippen LogP contribution in [-0.2, 0) is 4.79 Å². The fourth-order valence-electron chi connectivity index (χ4n) is 8.45. The molecular formula is C56H107NO3. The Labute approximate surface area is 376 Å². The number of carbonyl (C=O) groups is 1. The molecule has 0 radical (unpaired) electrons. The molecule has 2 unspecified atom stereocenters. The molecule has 2 atom stereocenters. The highest BCUT2D eigenvalue weighted by molar-refractivity contribution is 5.76. The summed E-state index contributed by atoms with van der Waals surface area (Å²) < 4.78 is 0. The number of rotatable bonds is 50. The first-order chi connectivity index (χ1) is 29.7. The summed E-state index contributed by atoms with van der Waals surface area (Å²) in [7, 11) is 0. The quantitative estimate of drug-likeness (QED) is 0.0422. The predicted octanol–water partition coefficient (Wildman–Crippen LogP) is 17.7. The topological polar surface area (TPSA) is 69.6 Å². The Morgan fingerprint density at radius 2 is 0.683 bits per heavy atom. The summed E-state index contributed by atoms with van der Waals surface area (Å²) in [5, 5.41) is 23.1. The molecule has 0 aromatic rings. The molecule has 0 aromatic carbocycles. The van der Waals surface area contributed by atoms with Crippen LogP contribution >= 0.6 is 0 Å². The van der Waals surface area contributed by atoms with E-state index in [1.54, 1.807) is 6.08 Å². The minimum Gasteiger partial charge on any atom is -0.394 e. The summed E-state index contributed by atoms with van der Waals surface area (Å²) in [6.07, 6.45) is 70.1. The van der Waals surface area contributed by atoms with Crippen LogP contribution in [0.15, 0.2) is 36.5 Å². The Bertz CT molecular complexity index is 912. The lowest BCUT2D eigenvalue weighted by atomic mass is 10.0. The van der Waals surface area contributed by atoms with E-state index >= 15 is 0 Å². The number of hydrogen-bond donors (Lipinski definition) is 3. The average molecular weight is 842 g/mol. The fraction of sp³-hybridized carbons (Fsp3) is 0.875. The summed E-state index contributed by atoms with van der Waals surface area (Å²) in [5.74, 6) is -0.0594. The highest BCUT2D eigenvalue weighted by atomic mass is 16.3. The van der Waals surface area contributed by atoms with Crippen LogP contribution in [-0.4, -0.2) is 34.9 Å². The summed E-state index contributed by atoms with van der Waals surface area (Å²) in [4.78, 5) is 12.5. The lowest BCUT2D eigenvalue weighted by Crippen LogP contribution is -2.45. The second kappa shape index (κ2) is 52.0. The van der Waals surface area contributed by atoms with E-state index in [0.29, 0.717) is 6.42 Å². The van der Waals surface area contributed by atoms with Crippen LogP contribution in [0.4, 0.5) is 0 Å². The first kappa shape index (κ1) is 58.6. The molecule has 0 fully saturated rings. The van der Waals surface area contributed by atoms with Crippen molar-refractivity contribution in [2.24, 2.45) is 0 Å². The number of aliphatic hydroxyl groups is 2. The fourth-order valence-corrected chi connectivity index (χ4v) is 8.45. The van der Waals surface area contributed by atoms with E-state index in [2.05, 4.69) is 43.5 Å². The van der Waals surface area contributed by atoms with Crippen LogP contribution in [0, 0.1) is 0 Å². The molecule has 3 N–H and O–H groups in total. The van der Waals surface area contributed by atoms with Gasteiger partial charge in [0.2, 0.25) is 5.91 Å². The zero-order chi connectivity index (χ0) is 43.5. The standard InChI is InChI=1S/C56H107NO3/c1-3-5-7-9-11-13-15-17-19-21-22-23-24-25-26-27-28-29-30-31-32-33-34-36-38-40-42-44-46-48-50-52-56(60)57-54(53-58)55(59)51-49-47-45-43-41-39-37-35-20-18-16-14-12-10-8-6-4-2/h15,17,21-22,49,51,54-55,58-59H,3-14,16,18-20,23-48,50,52-53H2,1-2H3,(H,57,60)/b17-15-,22-21-,51-49+. The van der Waals surface area contributed by atoms with Gasteiger partial charge >= 0.3 is 0 Å². The number of allylic oxidation sites excluding steroid dienone is 5. The molecule has 4 heteroatoms. The van der Waals surface area contributed by atoms with Crippen molar-refractivity contribution in [2.45, 2.75) is 309 Å². The number of aliphatic hydroxyl groups excluding tert-OH is 2. The van der Waals surface area contributed by atoms with Crippen molar-refractivity contribution in [1.29, 1.82) is 0 Å². The van der Waals surface area contributed by atoms with Gasteiger partial charge in [-0.05, 0) is 51.4 Å². The molecule has 0 aliphatic carbocycles. The molecule has 0 spiro atoms. The number of unbranched alkanes of at least 4 members (excludes halogenated alkanes) is 39. The number of carbonyl (C=O) groups excluding carboxylic acids is 1. The molecule has 4 nitrogen and oxygen atoms in total. The van der Waals surface area contributed by atoms with Gasteiger partial charge in [-0.3, -0.25) is 4.79 Å². The Morgan fingerprint density at radius 3 is 1.00 bits per heavy atom. The molecule has 0 saturated heterocycles. The molecule has 60 heavy (non-hydrogen) atoms. The molecule has 1 amide bonds. The zero-order valence-electron chi connectivity index (χ0n) is 40.7. The molecule has 0 rings (SSSR count). The number of amides is 1. The highest BCUT2D eigenvalue weighted by Gasteiger charge is 2.18. The highest BCUT2D eigenvalue weighted by Crippen LogP contribution is 2.17. The van der Waals surface area contributed by atoms with Crippen molar-refractivity contribution in [3.63, 3.8) is 0 Å². The monoisotopic (exact) mass is 842 g/mol. The van der Waals surface area contributed by atoms with Crippen molar-refractivity contribution >= 4 is 5.91 Å². The van der Waals surface area contributed by atoms with Crippen LogP contribution in [0.1, 0.15) is 296 Å². The third-order valence-electron chi connectivity index (χ3n) is 12.6. The van der Waals surface area contributed by atoms with Gasteiger partial charge in [0.1, 0.15) is 0 Å². The van der Waals surface area contributed by atoms with E-state index < -0.39 is 12.1 Å². The van der Waals surface area contributed by atoms with Crippen molar-refractivity contribution in [3.05, 3.63) is 36.5 Å². The van der Waals surface area contributed by atoms with Crippen molar-refractivity contribution in [2.75, 3.05) is 6.61 Å². The lowest BCUT2D eigenvalue weighted by molar-refractivity contribution is -0.123. The summed E-state index contributed by atoms with van der Waals surface area (Å²) in [6.45, 7) is 4.32. The summed E-state index contributed by atoms with van der Waals surface area (Å²) in [5.41, 5.74) is 0. The average Bonchev–Trinajstić information content (AvgIpc) is 3.25. The van der Waals surface area contributed by atoms with Gasteiger partial charge in [0, 0.05) is 6.42 Å². The van der Waals surface area contributed by atoms with Crippen LogP contribution < -0.4 is 5.32 Å². The Hall–Kier alpha value is -1.39. The van der Waals surface area contributed by atoms with Gasteiger partial charge in [0.05, 0.1) is 18.8 Å². The van der Waals surface area contributed by atoms with Crippen LogP contribution in [0.2, 0.25) is 0 Å². The molecular weight excluding hydrogens is 735 g/mol. The van der Waals surface area contributed by atoms with Crippen LogP contribution in [0.3, 0.4) is 0 Å². The minimum absolute atomic E-state index is 0.0594. The second-order valence-corrected chi connectivity index (χ2v) is 18.7. The normalized spacial score (nSPS) is 13.1. The first-order valence-electron chi connectivity index (χ1n) is 27.2. The van der Waals surface area contributed by atoms with E-state index in [4.69, 9.17) is 0 Å². The maximum Gasteiger partial charge on any atom is 0.220 e. The number of nitrogens with one attached hydrogen (secondary N) is 1. The third kappa shape index (κ3) is 47.7. The first-order valence-corrected chi connectivity index (χ1v) is 27.2. The molecule has 0 bridgehead atoms. The van der Waals surface area contributed by atoms with Crippen molar-refractivity contribution < 1.29 is 15.0 Å². The lowest BCUT2D eigenvalue weighted by Gasteiger charge is -2.20. The Morgan fingerprint density at radius 1 is 0.400 bits per heavy atom. The van der Waals surface area contributed by atoms with Crippen LogP contribution in [0.5, 0.6) is 0 Å². The molecule has 0 aromatic heterocycles. The smallest absolute Gasteiger partial charge is 0.220 e. The second-order valence-electron chi connectivity index (χ2n) is 18.7. The van der Waals surface area contributed by atoms with Crippen molar-refractivity contribution in [3.8, 4) is 0 Å². The van der Waals surface area contributed by atoms with Gasteiger partial charge < -0.3 is 15.5 Å². The van der Waals surface area contributed by atoms with E-state index in [-0.39, 0.29) is 12.5 Å². The largest absolute Gasteiger partial charge is 0.394 e. The molecule has 0 heterocycles. The number of hydrogen-bond acceptors (Lipinski definition) is 3. The van der Waals surface area contributed by atoms with E-state index in [1.807, 2.05) is 6.08 Å². The van der Waals surface area contributed by atoms with Gasteiger partial charge in [-0.25, -0.2) is 0 Å². The zero-order valence-corrected chi connectivity index (χ0v) is 40.7. The minimum atomic E-state index is -0.837. The van der Waals surface area contributed by atoms with Gasteiger partial charge in [0.25, 0.3) is 0 Å². The van der Waals surface area contributed by atoms with Gasteiger partial charge in [-0.2, -0.15) is 0 Å². The molecule has 0 aliphatic rings. The summed E-state index contributed by atoms with van der Waals surface area (Å²) in [6, 6.07) is -0.620. The SMILES string of the molecule is CCCCCCC/C=C\C/C=C\CCCCCCCCCCCCCCCCCCCCCC(=O)NC(CO)C(O)/C=C/CCCCCCCCCCCCCCCCC. The van der Waals surface area contributed by atoms with E-state index in [0.717, 1.165) is 32.1 Å². The van der Waals surface area contributed by atoms with E-state index in [9.17, 15) is 15.0 Å². The molecule has 354 valence electrons. The summed E-state index contributed by atoms with van der Waals surface area (Å²) >= 11 is 0. The van der Waals surface area contributed by atoms with Gasteiger partial charge in [-0.15, -0.1) is 0 Å².